The summed E-state index contributed by atoms with van der Waals surface area (Å²) < 4.78 is 0. The topological polar surface area (TPSA) is 0 Å². The van der Waals surface area contributed by atoms with Crippen LogP contribution in [0.3, 0.4) is 0 Å². The highest BCUT2D eigenvalue weighted by atomic mass is 14.4. The van der Waals surface area contributed by atoms with E-state index in [0.29, 0.717) is 0 Å². The van der Waals surface area contributed by atoms with Gasteiger partial charge in [-0.05, 0) is 58.9 Å². The summed E-state index contributed by atoms with van der Waals surface area (Å²) in [6, 6.07) is 18.2. The molecule has 1 atom stereocenters. The number of aryl methyl sites for hydroxylation is 2. The Bertz CT molecular complexity index is 1120. The van der Waals surface area contributed by atoms with Crippen molar-refractivity contribution in [3.63, 3.8) is 0 Å². The minimum atomic E-state index is -0.170. The standard InChI is InChI=1S/C26H22/c1-18-12-13-22-23(16-18)26(14-8-4-3-5-9-15-26)24-17-19(2)20-10-6-7-11-21(20)25(22)24/h3-4,6-17H,5H2,1-2H3. The lowest BCUT2D eigenvalue weighted by Crippen LogP contribution is -2.20. The van der Waals surface area contributed by atoms with Gasteiger partial charge in [-0.3, -0.25) is 0 Å². The Morgan fingerprint density at radius 3 is 2.50 bits per heavy atom. The van der Waals surface area contributed by atoms with Crippen molar-refractivity contribution in [1.82, 2.24) is 0 Å². The molecule has 0 nitrogen and oxygen atoms in total. The fraction of sp³-hybridized carbons (Fsp3) is 0.154. The quantitative estimate of drug-likeness (QED) is 0.397. The van der Waals surface area contributed by atoms with Crippen molar-refractivity contribution >= 4 is 10.8 Å². The van der Waals surface area contributed by atoms with Crippen LogP contribution in [0.15, 0.2) is 85.0 Å². The van der Waals surface area contributed by atoms with Gasteiger partial charge in [-0.1, -0.05) is 90.6 Å². The second kappa shape index (κ2) is 5.57. The highest BCUT2D eigenvalue weighted by Crippen LogP contribution is 2.54. The van der Waals surface area contributed by atoms with Crippen LogP contribution < -0.4 is 0 Å². The molecule has 0 radical (unpaired) electrons. The summed E-state index contributed by atoms with van der Waals surface area (Å²) in [6.45, 7) is 4.43. The maximum absolute atomic E-state index is 2.41. The van der Waals surface area contributed by atoms with Gasteiger partial charge in [-0.2, -0.15) is 0 Å². The molecule has 0 aliphatic heterocycles. The molecule has 1 unspecified atom stereocenters. The smallest absolute Gasteiger partial charge is 0.0578 e. The fourth-order valence-corrected chi connectivity index (χ4v) is 4.65. The summed E-state index contributed by atoms with van der Waals surface area (Å²) >= 11 is 0. The van der Waals surface area contributed by atoms with Crippen molar-refractivity contribution in [3.05, 3.63) is 107 Å². The molecule has 0 heteroatoms. The van der Waals surface area contributed by atoms with Crippen LogP contribution in [0.25, 0.3) is 21.9 Å². The van der Waals surface area contributed by atoms with Gasteiger partial charge in [0.1, 0.15) is 0 Å². The minimum absolute atomic E-state index is 0.170. The monoisotopic (exact) mass is 334 g/mol. The first kappa shape index (κ1) is 15.4. The maximum Gasteiger partial charge on any atom is 0.0578 e. The Morgan fingerprint density at radius 1 is 0.769 bits per heavy atom. The molecular weight excluding hydrogens is 312 g/mol. The first-order valence-corrected chi connectivity index (χ1v) is 9.37. The SMILES string of the molecule is Cc1ccc2c(c1)C1(C=CC=CCC=C1)c1cc(C)c3ccccc3c1-2. The summed E-state index contributed by atoms with van der Waals surface area (Å²) in [4.78, 5) is 0. The molecule has 0 bridgehead atoms. The molecule has 0 heterocycles. The third kappa shape index (κ3) is 2.02. The lowest BCUT2D eigenvalue weighted by atomic mass is 9.76. The molecule has 0 N–H and O–H groups in total. The Labute approximate surface area is 155 Å². The average Bonchev–Trinajstić information content (AvgIpc) is 2.88. The van der Waals surface area contributed by atoms with Gasteiger partial charge in [0.05, 0.1) is 5.41 Å². The van der Waals surface area contributed by atoms with Gasteiger partial charge in [0.2, 0.25) is 0 Å². The zero-order valence-electron chi connectivity index (χ0n) is 15.3. The molecule has 2 aliphatic rings. The maximum atomic E-state index is 2.41. The van der Waals surface area contributed by atoms with Gasteiger partial charge < -0.3 is 0 Å². The Balaban J connectivity index is 1.98. The van der Waals surface area contributed by atoms with Crippen molar-refractivity contribution in [3.8, 4) is 11.1 Å². The van der Waals surface area contributed by atoms with Crippen LogP contribution in [-0.2, 0) is 5.41 Å². The first-order valence-electron chi connectivity index (χ1n) is 9.37. The van der Waals surface area contributed by atoms with Gasteiger partial charge >= 0.3 is 0 Å². The second-order valence-corrected chi connectivity index (χ2v) is 7.51. The van der Waals surface area contributed by atoms with E-state index < -0.39 is 0 Å². The van der Waals surface area contributed by atoms with E-state index in [1.165, 1.54) is 44.2 Å². The minimum Gasteiger partial charge on any atom is -0.0832 e. The Hall–Kier alpha value is -2.86. The largest absolute Gasteiger partial charge is 0.0832 e. The number of fused-ring (bicyclic) bond motifs is 7. The van der Waals surface area contributed by atoms with Crippen LogP contribution in [-0.4, -0.2) is 0 Å². The second-order valence-electron chi connectivity index (χ2n) is 7.51. The molecule has 3 aromatic carbocycles. The molecule has 1 spiro atoms. The zero-order chi connectivity index (χ0) is 17.7. The van der Waals surface area contributed by atoms with E-state index in [-0.39, 0.29) is 5.41 Å². The van der Waals surface area contributed by atoms with E-state index in [4.69, 9.17) is 0 Å². The van der Waals surface area contributed by atoms with Crippen LogP contribution in [0.2, 0.25) is 0 Å². The van der Waals surface area contributed by atoms with E-state index in [9.17, 15) is 0 Å². The predicted octanol–water partition coefficient (Wildman–Crippen LogP) is 6.80. The predicted molar refractivity (Wildman–Crippen MR) is 112 cm³/mol. The number of benzene rings is 3. The van der Waals surface area contributed by atoms with Gasteiger partial charge in [0, 0.05) is 0 Å². The highest BCUT2D eigenvalue weighted by Gasteiger charge is 2.40. The lowest BCUT2D eigenvalue weighted by molar-refractivity contribution is 0.836. The first-order chi connectivity index (χ1) is 12.7. The van der Waals surface area contributed by atoms with E-state index in [1.807, 2.05) is 0 Å². The van der Waals surface area contributed by atoms with Crippen LogP contribution in [0, 0.1) is 13.8 Å². The van der Waals surface area contributed by atoms with Crippen molar-refractivity contribution in [2.24, 2.45) is 0 Å². The third-order valence-corrected chi connectivity index (χ3v) is 5.85. The van der Waals surface area contributed by atoms with Crippen molar-refractivity contribution in [2.75, 3.05) is 0 Å². The number of hydrogen-bond donors (Lipinski definition) is 0. The summed E-state index contributed by atoms with van der Waals surface area (Å²) in [5, 5.41) is 2.72. The molecular formula is C26H22. The lowest BCUT2D eigenvalue weighted by Gasteiger charge is -2.26. The molecule has 0 fully saturated rings. The molecule has 2 aliphatic carbocycles. The van der Waals surface area contributed by atoms with E-state index in [0.717, 1.165) is 6.42 Å². The summed E-state index contributed by atoms with van der Waals surface area (Å²) in [6.07, 6.45) is 14.7. The molecule has 0 saturated heterocycles. The number of allylic oxidation sites excluding steroid dienone is 6. The van der Waals surface area contributed by atoms with Gasteiger partial charge in [0.25, 0.3) is 0 Å². The van der Waals surface area contributed by atoms with Crippen LogP contribution in [0.1, 0.15) is 28.7 Å². The Kier molecular flexibility index (Phi) is 3.30. The molecule has 126 valence electrons. The third-order valence-electron chi connectivity index (χ3n) is 5.85. The van der Waals surface area contributed by atoms with Crippen LogP contribution in [0.4, 0.5) is 0 Å². The molecule has 26 heavy (non-hydrogen) atoms. The van der Waals surface area contributed by atoms with E-state index >= 15 is 0 Å². The van der Waals surface area contributed by atoms with Crippen LogP contribution in [0.5, 0.6) is 0 Å². The zero-order valence-corrected chi connectivity index (χ0v) is 15.3. The average molecular weight is 334 g/mol. The molecule has 0 saturated carbocycles. The highest BCUT2D eigenvalue weighted by molar-refractivity contribution is 6.04. The molecule has 0 amide bonds. The van der Waals surface area contributed by atoms with Crippen molar-refractivity contribution in [1.29, 1.82) is 0 Å². The Morgan fingerprint density at radius 2 is 1.62 bits per heavy atom. The van der Waals surface area contributed by atoms with E-state index in [2.05, 4.69) is 98.8 Å². The number of rotatable bonds is 0. The van der Waals surface area contributed by atoms with E-state index in [1.54, 1.807) is 0 Å². The summed E-state index contributed by atoms with van der Waals surface area (Å²) in [5.41, 5.74) is 8.10. The summed E-state index contributed by atoms with van der Waals surface area (Å²) in [7, 11) is 0. The molecule has 5 rings (SSSR count). The van der Waals surface area contributed by atoms with Gasteiger partial charge in [0.15, 0.2) is 0 Å². The van der Waals surface area contributed by atoms with Gasteiger partial charge in [-0.15, -0.1) is 0 Å². The normalized spacial score (nSPS) is 20.2. The number of hydrogen-bond acceptors (Lipinski definition) is 0. The fourth-order valence-electron chi connectivity index (χ4n) is 4.65. The van der Waals surface area contributed by atoms with Crippen molar-refractivity contribution in [2.45, 2.75) is 25.7 Å². The van der Waals surface area contributed by atoms with Crippen molar-refractivity contribution < 1.29 is 0 Å². The van der Waals surface area contributed by atoms with Crippen LogP contribution >= 0.6 is 0 Å². The molecule has 3 aromatic rings. The van der Waals surface area contributed by atoms with Gasteiger partial charge in [-0.25, -0.2) is 0 Å². The summed E-state index contributed by atoms with van der Waals surface area (Å²) in [5.74, 6) is 0. The molecule has 0 aromatic heterocycles.